The fourth-order valence-electron chi connectivity index (χ4n) is 4.69. The molecule has 1 unspecified atom stereocenters. The van der Waals surface area contributed by atoms with E-state index in [1.54, 1.807) is 4.68 Å². The number of nitrogens with one attached hydrogen (secondary N) is 1. The van der Waals surface area contributed by atoms with Crippen molar-refractivity contribution in [2.45, 2.75) is 44.6 Å². The van der Waals surface area contributed by atoms with Gasteiger partial charge in [-0.1, -0.05) is 18.6 Å². The van der Waals surface area contributed by atoms with Crippen LogP contribution >= 0.6 is 0 Å². The van der Waals surface area contributed by atoms with Crippen molar-refractivity contribution in [3.63, 3.8) is 0 Å². The predicted octanol–water partition coefficient (Wildman–Crippen LogP) is 2.93. The molecular formula is C24H35N5O2. The Kier molecular flexibility index (Phi) is 7.59. The molecule has 1 aromatic carbocycles. The van der Waals surface area contributed by atoms with Crippen LogP contribution in [0.1, 0.15) is 37.7 Å². The lowest BCUT2D eigenvalue weighted by Crippen LogP contribution is -2.45. The molecule has 1 saturated heterocycles. The maximum absolute atomic E-state index is 12.6. The molecule has 7 heteroatoms. The van der Waals surface area contributed by atoms with Gasteiger partial charge in [0, 0.05) is 45.0 Å². The smallest absolute Gasteiger partial charge is 0.239 e. The summed E-state index contributed by atoms with van der Waals surface area (Å²) in [7, 11) is 1.85. The van der Waals surface area contributed by atoms with Gasteiger partial charge in [-0.05, 0) is 56.3 Å². The van der Waals surface area contributed by atoms with Gasteiger partial charge < -0.3 is 10.1 Å². The number of hydrogen-bond acceptors (Lipinski definition) is 5. The average molecular weight is 426 g/mol. The maximum atomic E-state index is 12.6. The third-order valence-corrected chi connectivity index (χ3v) is 6.35. The van der Waals surface area contributed by atoms with Crippen LogP contribution in [0.15, 0.2) is 36.5 Å². The minimum absolute atomic E-state index is 0.0105. The molecule has 2 aromatic rings. The summed E-state index contributed by atoms with van der Waals surface area (Å²) in [4.78, 5) is 17.5. The Balaban J connectivity index is 1.41. The zero-order chi connectivity index (χ0) is 21.5. The van der Waals surface area contributed by atoms with Gasteiger partial charge in [-0.25, -0.2) is 0 Å². The second-order valence-electron chi connectivity index (χ2n) is 8.77. The van der Waals surface area contributed by atoms with Crippen LogP contribution in [0.2, 0.25) is 0 Å². The molecule has 4 rings (SSSR count). The lowest BCUT2D eigenvalue weighted by molar-refractivity contribution is -0.117. The molecule has 31 heavy (non-hydrogen) atoms. The van der Waals surface area contributed by atoms with E-state index >= 15 is 0 Å². The Morgan fingerprint density at radius 2 is 2.06 bits per heavy atom. The van der Waals surface area contributed by atoms with Gasteiger partial charge >= 0.3 is 0 Å². The quantitative estimate of drug-likeness (QED) is 0.819. The normalized spacial score (nSPS) is 21.5. The Labute approximate surface area is 185 Å². The SMILES string of the molecule is Cn1ccc(NC(=O)CN2CCCOc3cccc(c3)CCC3CCCCN3CC2)n1. The number of amides is 1. The number of carbonyl (C=O) groups is 1. The molecule has 0 saturated carbocycles. The van der Waals surface area contributed by atoms with E-state index in [1.807, 2.05) is 25.4 Å². The van der Waals surface area contributed by atoms with E-state index in [0.29, 0.717) is 25.0 Å². The molecular weight excluding hydrogens is 390 g/mol. The Hall–Kier alpha value is -2.38. The second kappa shape index (κ2) is 10.8. The van der Waals surface area contributed by atoms with Crippen LogP contribution in [0, 0.1) is 0 Å². The number of benzene rings is 1. The van der Waals surface area contributed by atoms with Crippen LogP contribution in [-0.2, 0) is 18.3 Å². The van der Waals surface area contributed by atoms with Crippen molar-refractivity contribution >= 4 is 11.7 Å². The zero-order valence-corrected chi connectivity index (χ0v) is 18.6. The molecule has 1 fully saturated rings. The highest BCUT2D eigenvalue weighted by Gasteiger charge is 2.23. The number of anilines is 1. The monoisotopic (exact) mass is 425 g/mol. The van der Waals surface area contributed by atoms with E-state index in [2.05, 4.69) is 38.4 Å². The summed E-state index contributed by atoms with van der Waals surface area (Å²) in [5.41, 5.74) is 1.37. The third-order valence-electron chi connectivity index (χ3n) is 6.35. The fourth-order valence-corrected chi connectivity index (χ4v) is 4.69. The van der Waals surface area contributed by atoms with Gasteiger partial charge in [-0.15, -0.1) is 0 Å². The lowest BCUT2D eigenvalue weighted by Gasteiger charge is -2.37. The molecule has 168 valence electrons. The van der Waals surface area contributed by atoms with Crippen molar-refractivity contribution in [1.29, 1.82) is 0 Å². The summed E-state index contributed by atoms with van der Waals surface area (Å²) < 4.78 is 7.69. The molecule has 0 spiro atoms. The standard InChI is InChI=1S/C24H35N5O2/c1-27-14-11-23(26-27)25-24(30)19-28-12-5-17-31-22-8-4-6-20(18-22)9-10-21-7-2-3-13-29(21)16-15-28/h4,6,8,11,14,18,21H,2-3,5,7,9-10,12-13,15-17,19H2,1H3,(H,25,26,30). The number of aromatic nitrogens is 2. The minimum Gasteiger partial charge on any atom is -0.494 e. The van der Waals surface area contributed by atoms with Gasteiger partial charge in [0.15, 0.2) is 5.82 Å². The number of rotatable bonds is 3. The van der Waals surface area contributed by atoms with Crippen molar-refractivity contribution in [3.05, 3.63) is 42.1 Å². The molecule has 7 nitrogen and oxygen atoms in total. The van der Waals surface area contributed by atoms with Crippen LogP contribution in [0.5, 0.6) is 5.75 Å². The van der Waals surface area contributed by atoms with Crippen LogP contribution in [-0.4, -0.2) is 70.9 Å². The van der Waals surface area contributed by atoms with E-state index in [4.69, 9.17) is 4.74 Å². The van der Waals surface area contributed by atoms with Gasteiger partial charge in [0.1, 0.15) is 5.75 Å². The maximum Gasteiger partial charge on any atom is 0.239 e. The van der Waals surface area contributed by atoms with Crippen LogP contribution in [0.25, 0.3) is 0 Å². The predicted molar refractivity (Wildman–Crippen MR) is 122 cm³/mol. The molecule has 3 heterocycles. The van der Waals surface area contributed by atoms with Crippen molar-refractivity contribution in [2.24, 2.45) is 7.05 Å². The van der Waals surface area contributed by atoms with Crippen LogP contribution in [0.4, 0.5) is 5.82 Å². The van der Waals surface area contributed by atoms with E-state index in [9.17, 15) is 4.79 Å². The van der Waals surface area contributed by atoms with E-state index in [-0.39, 0.29) is 5.91 Å². The number of hydrogen-bond donors (Lipinski definition) is 1. The number of carbonyl (C=O) groups excluding carboxylic acids is 1. The highest BCUT2D eigenvalue weighted by molar-refractivity contribution is 5.91. The summed E-state index contributed by atoms with van der Waals surface area (Å²) in [5, 5.41) is 7.17. The lowest BCUT2D eigenvalue weighted by atomic mass is 9.95. The highest BCUT2D eigenvalue weighted by atomic mass is 16.5. The molecule has 1 atom stereocenters. The molecule has 0 aliphatic carbocycles. The number of aryl methyl sites for hydroxylation is 2. The molecule has 2 bridgehead atoms. The summed E-state index contributed by atoms with van der Waals surface area (Å²) in [6, 6.07) is 11.0. The van der Waals surface area contributed by atoms with Crippen LogP contribution in [0.3, 0.4) is 0 Å². The van der Waals surface area contributed by atoms with E-state index in [1.165, 1.54) is 37.8 Å². The number of ether oxygens (including phenoxy) is 1. The van der Waals surface area contributed by atoms with Crippen molar-refractivity contribution in [3.8, 4) is 5.75 Å². The fraction of sp³-hybridized carbons (Fsp3) is 0.583. The molecule has 1 amide bonds. The van der Waals surface area contributed by atoms with Crippen molar-refractivity contribution in [2.75, 3.05) is 44.6 Å². The molecule has 1 N–H and O–H groups in total. The van der Waals surface area contributed by atoms with Gasteiger partial charge in [0.25, 0.3) is 0 Å². The van der Waals surface area contributed by atoms with Crippen molar-refractivity contribution < 1.29 is 9.53 Å². The topological polar surface area (TPSA) is 62.6 Å². The summed E-state index contributed by atoms with van der Waals surface area (Å²) >= 11 is 0. The minimum atomic E-state index is -0.0105. The Morgan fingerprint density at radius 3 is 2.94 bits per heavy atom. The van der Waals surface area contributed by atoms with Crippen LogP contribution < -0.4 is 10.1 Å². The highest BCUT2D eigenvalue weighted by Crippen LogP contribution is 2.23. The second-order valence-corrected chi connectivity index (χ2v) is 8.77. The average Bonchev–Trinajstić information content (AvgIpc) is 3.18. The molecule has 1 aromatic heterocycles. The van der Waals surface area contributed by atoms with Gasteiger partial charge in [-0.2, -0.15) is 5.10 Å². The zero-order valence-electron chi connectivity index (χ0n) is 18.6. The van der Waals surface area contributed by atoms with Gasteiger partial charge in [0.05, 0.1) is 13.2 Å². The number of piperidine rings is 1. The molecule has 0 radical (unpaired) electrons. The summed E-state index contributed by atoms with van der Waals surface area (Å²) in [6.45, 7) is 4.97. The number of fused-ring (bicyclic) bond motifs is 3. The van der Waals surface area contributed by atoms with Gasteiger partial charge in [-0.3, -0.25) is 19.3 Å². The number of nitrogens with zero attached hydrogens (tertiary/aromatic N) is 4. The molecule has 2 aliphatic heterocycles. The first-order valence-electron chi connectivity index (χ1n) is 11.6. The largest absolute Gasteiger partial charge is 0.494 e. The first kappa shape index (κ1) is 21.8. The third kappa shape index (κ3) is 6.55. The van der Waals surface area contributed by atoms with E-state index in [0.717, 1.165) is 38.2 Å². The summed E-state index contributed by atoms with van der Waals surface area (Å²) in [5.74, 6) is 1.55. The first-order valence-corrected chi connectivity index (χ1v) is 11.6. The Morgan fingerprint density at radius 1 is 1.13 bits per heavy atom. The molecule has 2 aliphatic rings. The van der Waals surface area contributed by atoms with E-state index < -0.39 is 0 Å². The summed E-state index contributed by atoms with van der Waals surface area (Å²) in [6.07, 6.45) is 8.87. The van der Waals surface area contributed by atoms with Crippen molar-refractivity contribution in [1.82, 2.24) is 19.6 Å². The Bertz CT molecular complexity index is 852. The van der Waals surface area contributed by atoms with Gasteiger partial charge in [0.2, 0.25) is 5.91 Å². The first-order chi connectivity index (χ1) is 15.2.